The van der Waals surface area contributed by atoms with E-state index >= 15 is 0 Å². The molecule has 2 aromatic carbocycles. The number of carbonyl (C=O) groups is 2. The Hall–Kier alpha value is -4.04. The van der Waals surface area contributed by atoms with Gasteiger partial charge in [0.1, 0.15) is 5.75 Å². The van der Waals surface area contributed by atoms with Gasteiger partial charge in [0.15, 0.2) is 4.80 Å². The molecule has 0 aliphatic carbocycles. The van der Waals surface area contributed by atoms with Crippen LogP contribution in [0.15, 0.2) is 81.7 Å². The molecule has 35 heavy (non-hydrogen) atoms. The van der Waals surface area contributed by atoms with E-state index in [-0.39, 0.29) is 12.2 Å². The largest absolute Gasteiger partial charge is 0.463 e. The zero-order valence-corrected chi connectivity index (χ0v) is 20.4. The van der Waals surface area contributed by atoms with E-state index in [1.807, 2.05) is 42.5 Å². The molecule has 0 amide bonds. The van der Waals surface area contributed by atoms with Crippen LogP contribution in [0.5, 0.6) is 5.75 Å². The summed E-state index contributed by atoms with van der Waals surface area (Å²) in [6.07, 6.45) is 5.46. The number of rotatable bonds is 6. The number of benzene rings is 2. The van der Waals surface area contributed by atoms with Crippen molar-refractivity contribution >= 4 is 35.4 Å². The predicted molar refractivity (Wildman–Crippen MR) is 135 cm³/mol. The number of carbonyl (C=O) groups excluding carboxylic acids is 2. The topological polar surface area (TPSA) is 87.0 Å². The number of hydrogen-bond donors (Lipinski definition) is 0. The fourth-order valence-electron chi connectivity index (χ4n) is 3.73. The molecule has 0 radical (unpaired) electrons. The van der Waals surface area contributed by atoms with Crippen LogP contribution in [-0.4, -0.2) is 23.1 Å². The molecule has 8 heteroatoms. The highest BCUT2D eigenvalue weighted by Gasteiger charge is 2.30. The van der Waals surface area contributed by atoms with Crippen LogP contribution in [0.2, 0.25) is 0 Å². The average Bonchev–Trinajstić information content (AvgIpc) is 3.13. The van der Waals surface area contributed by atoms with E-state index < -0.39 is 18.0 Å². The van der Waals surface area contributed by atoms with E-state index in [1.165, 1.54) is 22.8 Å². The normalized spacial score (nSPS) is 15.6. The van der Waals surface area contributed by atoms with Crippen LogP contribution >= 0.6 is 11.3 Å². The second kappa shape index (κ2) is 10.5. The highest BCUT2D eigenvalue weighted by atomic mass is 32.1. The van der Waals surface area contributed by atoms with Gasteiger partial charge in [-0.25, -0.2) is 9.79 Å². The quantitative estimate of drug-likeness (QED) is 0.392. The number of esters is 2. The third-order valence-electron chi connectivity index (χ3n) is 5.27. The minimum Gasteiger partial charge on any atom is -0.463 e. The van der Waals surface area contributed by atoms with Crippen LogP contribution in [0.1, 0.15) is 37.9 Å². The van der Waals surface area contributed by atoms with Crippen molar-refractivity contribution < 1.29 is 19.1 Å². The molecule has 0 saturated carbocycles. The monoisotopic (exact) mass is 488 g/mol. The number of allylic oxidation sites excluding steroid dienone is 2. The van der Waals surface area contributed by atoms with Crippen molar-refractivity contribution in [2.75, 3.05) is 6.61 Å². The molecule has 1 aromatic heterocycles. The highest BCUT2D eigenvalue weighted by molar-refractivity contribution is 7.07. The molecule has 1 aliphatic rings. The zero-order valence-electron chi connectivity index (χ0n) is 19.6. The zero-order chi connectivity index (χ0) is 24.9. The van der Waals surface area contributed by atoms with Crippen molar-refractivity contribution in [3.05, 3.63) is 103 Å². The lowest BCUT2D eigenvalue weighted by Gasteiger charge is -2.21. The number of ether oxygens (including phenoxy) is 2. The van der Waals surface area contributed by atoms with Gasteiger partial charge in [-0.05, 0) is 43.2 Å². The Kier molecular flexibility index (Phi) is 7.22. The molecular weight excluding hydrogens is 464 g/mol. The van der Waals surface area contributed by atoms with Crippen LogP contribution in [0.3, 0.4) is 0 Å². The number of hydrogen-bond acceptors (Lipinski definition) is 7. The summed E-state index contributed by atoms with van der Waals surface area (Å²) >= 11 is 1.25. The third-order valence-corrected chi connectivity index (χ3v) is 6.25. The molecule has 4 rings (SSSR count). The van der Waals surface area contributed by atoms with Crippen molar-refractivity contribution in [1.29, 1.82) is 0 Å². The molecule has 0 unspecified atom stereocenters. The van der Waals surface area contributed by atoms with Gasteiger partial charge in [-0.2, -0.15) is 0 Å². The van der Waals surface area contributed by atoms with Gasteiger partial charge in [0.25, 0.3) is 5.56 Å². The van der Waals surface area contributed by atoms with E-state index in [4.69, 9.17) is 9.47 Å². The summed E-state index contributed by atoms with van der Waals surface area (Å²) < 4.78 is 12.4. The molecule has 2 heterocycles. The first kappa shape index (κ1) is 24.1. The Balaban J connectivity index is 1.80. The van der Waals surface area contributed by atoms with E-state index in [2.05, 4.69) is 4.99 Å². The summed E-state index contributed by atoms with van der Waals surface area (Å²) in [5.74, 6) is -0.467. The maximum absolute atomic E-state index is 13.5. The van der Waals surface area contributed by atoms with Crippen LogP contribution < -0.4 is 19.6 Å². The molecule has 3 aromatic rings. The van der Waals surface area contributed by atoms with Crippen LogP contribution in [0, 0.1) is 0 Å². The van der Waals surface area contributed by atoms with Gasteiger partial charge in [0, 0.05) is 6.92 Å². The van der Waals surface area contributed by atoms with Crippen molar-refractivity contribution in [2.24, 2.45) is 4.99 Å². The number of nitrogens with zero attached hydrogens (tertiary/aromatic N) is 2. The smallest absolute Gasteiger partial charge is 0.338 e. The van der Waals surface area contributed by atoms with Gasteiger partial charge in [-0.15, -0.1) is 0 Å². The molecule has 178 valence electrons. The van der Waals surface area contributed by atoms with E-state index in [0.29, 0.717) is 26.4 Å². The first-order chi connectivity index (χ1) is 16.9. The SMILES string of the molecule is CCOC(=O)C1=C(C)N=c2s/c(=C/c3ccc(OC(C)=O)cc3)c(=O)n2[C@@H]1/C=C\c1ccccc1. The molecular formula is C27H24N2O5S. The van der Waals surface area contributed by atoms with E-state index in [0.717, 1.165) is 11.1 Å². The maximum Gasteiger partial charge on any atom is 0.338 e. The summed E-state index contributed by atoms with van der Waals surface area (Å²) in [6, 6.07) is 15.9. The predicted octanol–water partition coefficient (Wildman–Crippen LogP) is 3.39. The lowest BCUT2D eigenvalue weighted by atomic mass is 10.0. The Bertz CT molecular complexity index is 1500. The van der Waals surface area contributed by atoms with Gasteiger partial charge in [-0.3, -0.25) is 14.2 Å². The van der Waals surface area contributed by atoms with Gasteiger partial charge < -0.3 is 9.47 Å². The molecule has 0 bridgehead atoms. The van der Waals surface area contributed by atoms with Crippen molar-refractivity contribution in [2.45, 2.75) is 26.8 Å². The minimum atomic E-state index is -0.654. The minimum absolute atomic E-state index is 0.221. The Morgan fingerprint density at radius 2 is 1.80 bits per heavy atom. The molecule has 1 aliphatic heterocycles. The molecule has 0 N–H and O–H groups in total. The standard InChI is InChI=1S/C27H24N2O5S/c1-4-33-26(32)24-17(2)28-27-29(22(24)15-12-19-8-6-5-7-9-19)25(31)23(35-27)16-20-10-13-21(14-11-20)34-18(3)30/h5-16,22H,4H2,1-3H3/b15-12-,23-16+/t22-/m1/s1. The van der Waals surface area contributed by atoms with Crippen molar-refractivity contribution in [3.63, 3.8) is 0 Å². The molecule has 7 nitrogen and oxygen atoms in total. The van der Waals surface area contributed by atoms with Gasteiger partial charge in [0.05, 0.1) is 28.5 Å². The number of fused-ring (bicyclic) bond motifs is 1. The summed E-state index contributed by atoms with van der Waals surface area (Å²) in [4.78, 5) is 42.5. The lowest BCUT2D eigenvalue weighted by molar-refractivity contribution is -0.139. The summed E-state index contributed by atoms with van der Waals surface area (Å²) in [5, 5.41) is 0. The Labute approximate surface area is 206 Å². The van der Waals surface area contributed by atoms with Crippen molar-refractivity contribution in [3.8, 4) is 5.75 Å². The summed E-state index contributed by atoms with van der Waals surface area (Å²) in [7, 11) is 0. The highest BCUT2D eigenvalue weighted by Crippen LogP contribution is 2.26. The van der Waals surface area contributed by atoms with Crippen LogP contribution in [0.4, 0.5) is 0 Å². The number of aromatic nitrogens is 1. The first-order valence-corrected chi connectivity index (χ1v) is 11.9. The maximum atomic E-state index is 13.5. The second-order valence-corrected chi connectivity index (χ2v) is 8.79. The van der Waals surface area contributed by atoms with E-state index in [1.54, 1.807) is 44.2 Å². The molecule has 0 fully saturated rings. The van der Waals surface area contributed by atoms with E-state index in [9.17, 15) is 14.4 Å². The fourth-order valence-corrected chi connectivity index (χ4v) is 4.79. The lowest BCUT2D eigenvalue weighted by Crippen LogP contribution is -2.38. The van der Waals surface area contributed by atoms with Crippen molar-refractivity contribution in [1.82, 2.24) is 4.57 Å². The second-order valence-electron chi connectivity index (χ2n) is 7.78. The molecule has 0 spiro atoms. The summed E-state index contributed by atoms with van der Waals surface area (Å²) in [5.41, 5.74) is 2.31. The fraction of sp³-hybridized carbons (Fsp3) is 0.185. The van der Waals surface area contributed by atoms with Gasteiger partial charge in [0.2, 0.25) is 0 Å². The average molecular weight is 489 g/mol. The molecule has 0 saturated heterocycles. The van der Waals surface area contributed by atoms with Crippen LogP contribution in [0.25, 0.3) is 12.2 Å². The van der Waals surface area contributed by atoms with Gasteiger partial charge >= 0.3 is 11.9 Å². The Morgan fingerprint density at radius 1 is 1.09 bits per heavy atom. The first-order valence-electron chi connectivity index (χ1n) is 11.1. The van der Waals surface area contributed by atoms with Crippen LogP contribution in [-0.2, 0) is 14.3 Å². The number of thiazole rings is 1. The Morgan fingerprint density at radius 3 is 2.46 bits per heavy atom. The third kappa shape index (κ3) is 5.38. The molecule has 1 atom stereocenters. The van der Waals surface area contributed by atoms with Gasteiger partial charge in [-0.1, -0.05) is 66.0 Å². The summed E-state index contributed by atoms with van der Waals surface area (Å²) in [6.45, 7) is 5.05.